The van der Waals surface area contributed by atoms with E-state index in [-0.39, 0.29) is 5.91 Å². The van der Waals surface area contributed by atoms with Gasteiger partial charge in [-0.2, -0.15) is 0 Å². The summed E-state index contributed by atoms with van der Waals surface area (Å²) >= 11 is 3.14. The topological polar surface area (TPSA) is 73.8 Å². The van der Waals surface area contributed by atoms with Crippen molar-refractivity contribution < 1.29 is 4.79 Å². The minimum atomic E-state index is -0.301. The van der Waals surface area contributed by atoms with Crippen LogP contribution in [0.1, 0.15) is 12.0 Å². The molecule has 0 atom stereocenters. The molecule has 0 bridgehead atoms. The largest absolute Gasteiger partial charge is 0.370 e. The number of carbonyl (C=O) groups is 1. The Labute approximate surface area is 142 Å². The Bertz CT molecular complexity index is 769. The second kappa shape index (κ2) is 7.43. The Morgan fingerprint density at radius 2 is 2.00 bits per heavy atom. The van der Waals surface area contributed by atoms with Crippen molar-refractivity contribution in [3.63, 3.8) is 0 Å². The van der Waals surface area contributed by atoms with Crippen LogP contribution in [-0.4, -0.2) is 26.4 Å². The highest BCUT2D eigenvalue weighted by Crippen LogP contribution is 2.28. The molecule has 118 valence electrons. The zero-order valence-electron chi connectivity index (χ0n) is 12.4. The molecule has 0 radical (unpaired) electrons. The van der Waals surface area contributed by atoms with Crippen molar-refractivity contribution in [2.24, 2.45) is 5.73 Å². The first-order valence-corrected chi connectivity index (χ1v) is 9.02. The molecule has 0 saturated carbocycles. The van der Waals surface area contributed by atoms with Crippen LogP contribution in [0.15, 0.2) is 53.0 Å². The number of hydrogen-bond donors (Lipinski definition) is 1. The Morgan fingerprint density at radius 3 is 2.70 bits per heavy atom. The van der Waals surface area contributed by atoms with Crippen LogP contribution in [0.5, 0.6) is 0 Å². The van der Waals surface area contributed by atoms with E-state index < -0.39 is 0 Å². The standard InChI is InChI=1S/C16H16N4OS2/c17-14(21)8-10-23-16-19-18-15(13-7-4-9-22-13)20(16)11-12-5-2-1-3-6-12/h1-7,9H,8,10-11H2,(H2,17,21). The highest BCUT2D eigenvalue weighted by molar-refractivity contribution is 7.99. The van der Waals surface area contributed by atoms with Crippen LogP contribution in [0, 0.1) is 0 Å². The highest BCUT2D eigenvalue weighted by Gasteiger charge is 2.15. The Balaban J connectivity index is 1.88. The van der Waals surface area contributed by atoms with Crippen LogP contribution in [0.4, 0.5) is 0 Å². The second-order valence-electron chi connectivity index (χ2n) is 4.92. The SMILES string of the molecule is NC(=O)CCSc1nnc(-c2cccs2)n1Cc1ccccc1. The Hall–Kier alpha value is -2.12. The summed E-state index contributed by atoms with van der Waals surface area (Å²) in [6.45, 7) is 0.694. The average Bonchev–Trinajstić information content (AvgIpc) is 3.18. The average molecular weight is 344 g/mol. The van der Waals surface area contributed by atoms with Gasteiger partial charge in [-0.3, -0.25) is 9.36 Å². The van der Waals surface area contributed by atoms with Crippen molar-refractivity contribution in [3.8, 4) is 10.7 Å². The zero-order valence-corrected chi connectivity index (χ0v) is 14.0. The molecule has 3 rings (SSSR count). The molecule has 0 unspecified atom stereocenters. The van der Waals surface area contributed by atoms with Crippen molar-refractivity contribution in [3.05, 3.63) is 53.4 Å². The van der Waals surface area contributed by atoms with Crippen molar-refractivity contribution in [2.75, 3.05) is 5.75 Å². The summed E-state index contributed by atoms with van der Waals surface area (Å²) < 4.78 is 2.09. The number of hydrogen-bond acceptors (Lipinski definition) is 5. The van der Waals surface area contributed by atoms with Crippen LogP contribution < -0.4 is 5.73 Å². The van der Waals surface area contributed by atoms with Gasteiger partial charge in [0.15, 0.2) is 11.0 Å². The first-order chi connectivity index (χ1) is 11.2. The number of rotatable bonds is 7. The molecule has 0 spiro atoms. The summed E-state index contributed by atoms with van der Waals surface area (Å²) in [6, 6.07) is 14.2. The number of nitrogens with two attached hydrogens (primary N) is 1. The maximum Gasteiger partial charge on any atom is 0.218 e. The molecule has 0 aliphatic rings. The van der Waals surface area contributed by atoms with Gasteiger partial charge in [-0.05, 0) is 17.0 Å². The van der Waals surface area contributed by atoms with Crippen molar-refractivity contribution in [2.45, 2.75) is 18.1 Å². The molecule has 2 heterocycles. The minimum Gasteiger partial charge on any atom is -0.370 e. The van der Waals surface area contributed by atoms with Crippen LogP contribution in [-0.2, 0) is 11.3 Å². The molecular weight excluding hydrogens is 328 g/mol. The molecule has 1 aromatic carbocycles. The maximum absolute atomic E-state index is 10.9. The lowest BCUT2D eigenvalue weighted by molar-refractivity contribution is -0.117. The molecule has 5 nitrogen and oxygen atoms in total. The van der Waals surface area contributed by atoms with Crippen LogP contribution in [0.3, 0.4) is 0 Å². The number of primary amides is 1. The van der Waals surface area contributed by atoms with Gasteiger partial charge in [0.2, 0.25) is 5.91 Å². The van der Waals surface area contributed by atoms with E-state index in [9.17, 15) is 4.79 Å². The number of thiophene rings is 1. The third kappa shape index (κ3) is 4.00. The van der Waals surface area contributed by atoms with Gasteiger partial charge < -0.3 is 5.73 Å². The van der Waals surface area contributed by atoms with Gasteiger partial charge in [0.1, 0.15) is 0 Å². The zero-order chi connectivity index (χ0) is 16.1. The first kappa shape index (κ1) is 15.8. The molecule has 1 amide bonds. The lowest BCUT2D eigenvalue weighted by Crippen LogP contribution is -2.11. The predicted octanol–water partition coefficient (Wildman–Crippen LogP) is 3.02. The van der Waals surface area contributed by atoms with Gasteiger partial charge in [-0.25, -0.2) is 0 Å². The van der Waals surface area contributed by atoms with Crippen molar-refractivity contribution in [1.29, 1.82) is 0 Å². The summed E-state index contributed by atoms with van der Waals surface area (Å²) in [5, 5.41) is 11.5. The molecule has 3 aromatic rings. The molecule has 23 heavy (non-hydrogen) atoms. The Kier molecular flexibility index (Phi) is 5.09. The fourth-order valence-corrected chi connectivity index (χ4v) is 3.74. The lowest BCUT2D eigenvalue weighted by atomic mass is 10.2. The van der Waals surface area contributed by atoms with E-state index >= 15 is 0 Å². The normalized spacial score (nSPS) is 10.8. The number of thioether (sulfide) groups is 1. The number of carbonyl (C=O) groups excluding carboxylic acids is 1. The molecule has 2 aromatic heterocycles. The summed E-state index contributed by atoms with van der Waals surface area (Å²) in [6.07, 6.45) is 0.331. The lowest BCUT2D eigenvalue weighted by Gasteiger charge is -2.09. The third-order valence-electron chi connectivity index (χ3n) is 3.22. The van der Waals surface area contributed by atoms with E-state index in [0.717, 1.165) is 15.9 Å². The maximum atomic E-state index is 10.9. The summed E-state index contributed by atoms with van der Waals surface area (Å²) in [4.78, 5) is 12.0. The minimum absolute atomic E-state index is 0.301. The fraction of sp³-hybridized carbons (Fsp3) is 0.188. The van der Waals surface area contributed by atoms with E-state index in [1.165, 1.54) is 17.3 Å². The molecule has 7 heteroatoms. The predicted molar refractivity (Wildman–Crippen MR) is 93.4 cm³/mol. The monoisotopic (exact) mass is 344 g/mol. The summed E-state index contributed by atoms with van der Waals surface area (Å²) in [5.41, 5.74) is 6.39. The van der Waals surface area contributed by atoms with Crippen LogP contribution >= 0.6 is 23.1 Å². The number of amides is 1. The van der Waals surface area contributed by atoms with Crippen molar-refractivity contribution in [1.82, 2.24) is 14.8 Å². The van der Waals surface area contributed by atoms with Gasteiger partial charge >= 0.3 is 0 Å². The molecule has 0 aliphatic carbocycles. The molecular formula is C16H16N4OS2. The number of benzene rings is 1. The third-order valence-corrected chi connectivity index (χ3v) is 5.06. The van der Waals surface area contributed by atoms with Crippen molar-refractivity contribution >= 4 is 29.0 Å². The van der Waals surface area contributed by atoms with E-state index in [2.05, 4.69) is 26.9 Å². The summed E-state index contributed by atoms with van der Waals surface area (Å²) in [7, 11) is 0. The quantitative estimate of drug-likeness (QED) is 0.669. The van der Waals surface area contributed by atoms with Gasteiger partial charge in [-0.15, -0.1) is 21.5 Å². The van der Waals surface area contributed by atoms with Gasteiger partial charge in [0.05, 0.1) is 11.4 Å². The molecule has 0 fully saturated rings. The molecule has 2 N–H and O–H groups in total. The van der Waals surface area contributed by atoms with Gasteiger partial charge in [0.25, 0.3) is 0 Å². The van der Waals surface area contributed by atoms with Gasteiger partial charge in [0, 0.05) is 12.2 Å². The smallest absolute Gasteiger partial charge is 0.218 e. The van der Waals surface area contributed by atoms with Crippen LogP contribution in [0.25, 0.3) is 10.7 Å². The highest BCUT2D eigenvalue weighted by atomic mass is 32.2. The van der Waals surface area contributed by atoms with E-state index in [0.29, 0.717) is 18.7 Å². The van der Waals surface area contributed by atoms with Crippen LogP contribution in [0.2, 0.25) is 0 Å². The summed E-state index contributed by atoms with van der Waals surface area (Å²) in [5.74, 6) is 1.16. The van der Waals surface area contributed by atoms with E-state index in [4.69, 9.17) is 5.73 Å². The first-order valence-electron chi connectivity index (χ1n) is 7.16. The fourth-order valence-electron chi connectivity index (χ4n) is 2.13. The number of aromatic nitrogens is 3. The van der Waals surface area contributed by atoms with E-state index in [1.54, 1.807) is 11.3 Å². The molecule has 0 saturated heterocycles. The second-order valence-corrected chi connectivity index (χ2v) is 6.93. The van der Waals surface area contributed by atoms with E-state index in [1.807, 2.05) is 35.7 Å². The molecule has 0 aliphatic heterocycles. The number of nitrogens with zero attached hydrogens (tertiary/aromatic N) is 3. The van der Waals surface area contributed by atoms with Gasteiger partial charge in [-0.1, -0.05) is 48.2 Å². The Morgan fingerprint density at radius 1 is 1.17 bits per heavy atom.